The molecule has 2 atom stereocenters. The molecule has 2 aliphatic carbocycles. The van der Waals surface area contributed by atoms with Gasteiger partial charge < -0.3 is 11.1 Å². The maximum absolute atomic E-state index is 12.1. The first-order valence-electron chi connectivity index (χ1n) is 6.47. The van der Waals surface area contributed by atoms with Crippen molar-refractivity contribution in [3.63, 3.8) is 0 Å². The SMILES string of the molecule is NC1CC2CCCC(C1)C2NC(=O)CC(F)(F)F. The van der Waals surface area contributed by atoms with Gasteiger partial charge in [0.25, 0.3) is 0 Å². The summed E-state index contributed by atoms with van der Waals surface area (Å²) in [5, 5.41) is 2.58. The van der Waals surface area contributed by atoms with E-state index < -0.39 is 18.5 Å². The minimum atomic E-state index is -4.43. The lowest BCUT2D eigenvalue weighted by Crippen LogP contribution is -2.54. The van der Waals surface area contributed by atoms with E-state index in [1.54, 1.807) is 0 Å². The zero-order valence-corrected chi connectivity index (χ0v) is 10.2. The molecule has 0 aromatic heterocycles. The van der Waals surface area contributed by atoms with Crippen molar-refractivity contribution < 1.29 is 18.0 Å². The van der Waals surface area contributed by atoms with E-state index in [0.717, 1.165) is 32.1 Å². The largest absolute Gasteiger partial charge is 0.397 e. The molecule has 18 heavy (non-hydrogen) atoms. The van der Waals surface area contributed by atoms with Crippen LogP contribution in [0.4, 0.5) is 13.2 Å². The van der Waals surface area contributed by atoms with E-state index in [2.05, 4.69) is 5.32 Å². The van der Waals surface area contributed by atoms with Gasteiger partial charge >= 0.3 is 6.18 Å². The standard InChI is InChI=1S/C12H19F3N2O/c13-12(14,15)6-10(18)17-11-7-2-1-3-8(11)5-9(16)4-7/h7-9,11H,1-6,16H2,(H,17,18). The van der Waals surface area contributed by atoms with Crippen LogP contribution < -0.4 is 11.1 Å². The van der Waals surface area contributed by atoms with Crippen LogP contribution in [0.15, 0.2) is 0 Å². The highest BCUT2D eigenvalue weighted by molar-refractivity contribution is 5.77. The fourth-order valence-electron chi connectivity index (χ4n) is 3.44. The molecule has 1 amide bonds. The van der Waals surface area contributed by atoms with Crippen LogP contribution in [0.5, 0.6) is 0 Å². The third-order valence-electron chi connectivity index (χ3n) is 4.07. The molecule has 0 radical (unpaired) electrons. The van der Waals surface area contributed by atoms with Gasteiger partial charge in [-0.15, -0.1) is 0 Å². The summed E-state index contributed by atoms with van der Waals surface area (Å²) in [7, 11) is 0. The van der Waals surface area contributed by atoms with Crippen molar-refractivity contribution in [2.24, 2.45) is 17.6 Å². The number of hydrogen-bond acceptors (Lipinski definition) is 2. The number of halogens is 3. The van der Waals surface area contributed by atoms with Crippen molar-refractivity contribution in [2.75, 3.05) is 0 Å². The average Bonchev–Trinajstić information content (AvgIpc) is 2.16. The van der Waals surface area contributed by atoms with Gasteiger partial charge in [-0.3, -0.25) is 4.79 Å². The number of fused-ring (bicyclic) bond motifs is 2. The van der Waals surface area contributed by atoms with Crippen molar-refractivity contribution >= 4 is 5.91 Å². The van der Waals surface area contributed by atoms with Gasteiger partial charge in [-0.05, 0) is 37.5 Å². The Morgan fingerprint density at radius 2 is 1.78 bits per heavy atom. The first-order valence-corrected chi connectivity index (χ1v) is 6.47. The van der Waals surface area contributed by atoms with E-state index in [4.69, 9.17) is 5.73 Å². The van der Waals surface area contributed by atoms with Crippen LogP contribution in [-0.2, 0) is 4.79 Å². The minimum Gasteiger partial charge on any atom is -0.353 e. The summed E-state index contributed by atoms with van der Waals surface area (Å²) in [6, 6.07) is 0.0319. The molecule has 0 saturated heterocycles. The molecule has 2 unspecified atom stereocenters. The lowest BCUT2D eigenvalue weighted by atomic mass is 9.67. The summed E-state index contributed by atoms with van der Waals surface area (Å²) in [6.45, 7) is 0. The fourth-order valence-corrected chi connectivity index (χ4v) is 3.44. The van der Waals surface area contributed by atoms with Crippen molar-refractivity contribution in [1.29, 1.82) is 0 Å². The Hall–Kier alpha value is -0.780. The second-order valence-corrected chi connectivity index (χ2v) is 5.57. The normalized spacial score (nSPS) is 36.2. The molecule has 104 valence electrons. The third kappa shape index (κ3) is 3.37. The Morgan fingerprint density at radius 1 is 1.22 bits per heavy atom. The molecular weight excluding hydrogens is 245 g/mol. The predicted molar refractivity (Wildman–Crippen MR) is 60.6 cm³/mol. The van der Waals surface area contributed by atoms with Crippen molar-refractivity contribution in [2.45, 2.75) is 56.8 Å². The van der Waals surface area contributed by atoms with E-state index >= 15 is 0 Å². The first kappa shape index (κ1) is 13.6. The summed E-state index contributed by atoms with van der Waals surface area (Å²) < 4.78 is 36.4. The predicted octanol–water partition coefficient (Wildman–Crippen LogP) is 1.96. The van der Waals surface area contributed by atoms with E-state index in [1.807, 2.05) is 0 Å². The minimum absolute atomic E-state index is 0.103. The van der Waals surface area contributed by atoms with Crippen LogP contribution in [0, 0.1) is 11.8 Å². The van der Waals surface area contributed by atoms with Crippen molar-refractivity contribution in [1.82, 2.24) is 5.32 Å². The van der Waals surface area contributed by atoms with Crippen LogP contribution >= 0.6 is 0 Å². The van der Waals surface area contributed by atoms with E-state index in [0.29, 0.717) is 0 Å². The van der Waals surface area contributed by atoms with Gasteiger partial charge in [0.15, 0.2) is 0 Å². The van der Waals surface area contributed by atoms with E-state index in [9.17, 15) is 18.0 Å². The molecule has 2 bridgehead atoms. The van der Waals surface area contributed by atoms with Crippen LogP contribution in [-0.4, -0.2) is 24.2 Å². The molecule has 2 aliphatic rings. The Morgan fingerprint density at radius 3 is 2.28 bits per heavy atom. The number of alkyl halides is 3. The number of carbonyl (C=O) groups is 1. The quantitative estimate of drug-likeness (QED) is 0.801. The Bertz CT molecular complexity index is 305. The molecule has 2 fully saturated rings. The van der Waals surface area contributed by atoms with Gasteiger partial charge in [0.05, 0.1) is 0 Å². The number of amides is 1. The van der Waals surface area contributed by atoms with Gasteiger partial charge in [-0.2, -0.15) is 13.2 Å². The summed E-state index contributed by atoms with van der Waals surface area (Å²) in [5.41, 5.74) is 5.93. The highest BCUT2D eigenvalue weighted by Crippen LogP contribution is 2.39. The highest BCUT2D eigenvalue weighted by Gasteiger charge is 2.41. The molecule has 3 N–H and O–H groups in total. The highest BCUT2D eigenvalue weighted by atomic mass is 19.4. The van der Waals surface area contributed by atoms with Crippen molar-refractivity contribution in [3.05, 3.63) is 0 Å². The lowest BCUT2D eigenvalue weighted by molar-refractivity contribution is -0.155. The molecule has 0 aliphatic heterocycles. The summed E-state index contributed by atoms with van der Waals surface area (Å²) >= 11 is 0. The molecule has 0 aromatic carbocycles. The zero-order valence-electron chi connectivity index (χ0n) is 10.2. The lowest BCUT2D eigenvalue weighted by Gasteiger charge is -2.45. The molecule has 0 aromatic rings. The van der Waals surface area contributed by atoms with E-state index in [1.165, 1.54) is 0 Å². The molecule has 2 rings (SSSR count). The molecule has 2 saturated carbocycles. The van der Waals surface area contributed by atoms with Crippen LogP contribution in [0.3, 0.4) is 0 Å². The Balaban J connectivity index is 1.94. The summed E-state index contributed by atoms with van der Waals surface area (Å²) in [6.07, 6.45) is -1.17. The fraction of sp³-hybridized carbons (Fsp3) is 0.917. The zero-order chi connectivity index (χ0) is 13.3. The smallest absolute Gasteiger partial charge is 0.353 e. The van der Waals surface area contributed by atoms with Gasteiger partial charge in [-0.1, -0.05) is 6.42 Å². The Labute approximate surface area is 104 Å². The maximum Gasteiger partial charge on any atom is 0.397 e. The molecular formula is C12H19F3N2O. The summed E-state index contributed by atoms with van der Waals surface area (Å²) in [4.78, 5) is 11.4. The monoisotopic (exact) mass is 264 g/mol. The summed E-state index contributed by atoms with van der Waals surface area (Å²) in [5.74, 6) is -0.394. The van der Waals surface area contributed by atoms with Crippen LogP contribution in [0.1, 0.15) is 38.5 Å². The van der Waals surface area contributed by atoms with Crippen LogP contribution in [0.2, 0.25) is 0 Å². The van der Waals surface area contributed by atoms with Gasteiger partial charge in [0.1, 0.15) is 6.42 Å². The number of hydrogen-bond donors (Lipinski definition) is 2. The second-order valence-electron chi connectivity index (χ2n) is 5.57. The molecule has 0 heterocycles. The van der Waals surface area contributed by atoms with Gasteiger partial charge in [0, 0.05) is 12.1 Å². The van der Waals surface area contributed by atoms with Gasteiger partial charge in [0.2, 0.25) is 5.91 Å². The second kappa shape index (κ2) is 5.07. The average molecular weight is 264 g/mol. The van der Waals surface area contributed by atoms with Crippen molar-refractivity contribution in [3.8, 4) is 0 Å². The maximum atomic E-state index is 12.1. The molecule has 0 spiro atoms. The number of carbonyl (C=O) groups excluding carboxylic acids is 1. The van der Waals surface area contributed by atoms with Crippen LogP contribution in [0.25, 0.3) is 0 Å². The number of nitrogens with two attached hydrogens (primary N) is 1. The number of rotatable bonds is 2. The number of nitrogens with one attached hydrogen (secondary N) is 1. The van der Waals surface area contributed by atoms with E-state index in [-0.39, 0.29) is 23.9 Å². The topological polar surface area (TPSA) is 55.1 Å². The first-order chi connectivity index (χ1) is 8.35. The van der Waals surface area contributed by atoms with Gasteiger partial charge in [-0.25, -0.2) is 0 Å². The third-order valence-corrected chi connectivity index (χ3v) is 4.07. The molecule has 6 heteroatoms. The molecule has 3 nitrogen and oxygen atoms in total. The Kier molecular flexibility index (Phi) is 3.84.